The minimum absolute atomic E-state index is 0.0779. The summed E-state index contributed by atoms with van der Waals surface area (Å²) in [5, 5.41) is 0. The molecule has 0 amide bonds. The Kier molecular flexibility index (Phi) is 7.38. The van der Waals surface area contributed by atoms with Crippen LogP contribution in [0.2, 0.25) is 0 Å². The van der Waals surface area contributed by atoms with Gasteiger partial charge in [0, 0.05) is 12.6 Å². The van der Waals surface area contributed by atoms with E-state index in [1.807, 2.05) is 7.11 Å². The minimum Gasteiger partial charge on any atom is -0.378 e. The van der Waals surface area contributed by atoms with Crippen molar-refractivity contribution in [3.05, 3.63) is 0 Å². The summed E-state index contributed by atoms with van der Waals surface area (Å²) in [6.07, 6.45) is 6.60. The zero-order chi connectivity index (χ0) is 21.4. The molecular weight excluding hydrogens is 344 g/mol. The molecule has 2 aliphatic rings. The topological polar surface area (TPSA) is 15.7 Å². The molecule has 2 heterocycles. The van der Waals surface area contributed by atoms with E-state index in [1.54, 1.807) is 0 Å². The van der Waals surface area contributed by atoms with Crippen molar-refractivity contribution in [1.29, 1.82) is 0 Å². The van der Waals surface area contributed by atoms with Crippen molar-refractivity contribution >= 4 is 0 Å². The third kappa shape index (κ3) is 5.13. The van der Waals surface area contributed by atoms with Gasteiger partial charge in [0.1, 0.15) is 0 Å². The van der Waals surface area contributed by atoms with Crippen molar-refractivity contribution in [2.45, 2.75) is 98.6 Å². The maximum atomic E-state index is 5.87. The van der Waals surface area contributed by atoms with Crippen molar-refractivity contribution < 1.29 is 4.74 Å². The van der Waals surface area contributed by atoms with E-state index < -0.39 is 0 Å². The molecule has 0 aromatic rings. The Labute approximate surface area is 176 Å². The Morgan fingerprint density at radius 1 is 0.750 bits per heavy atom. The SMILES string of the molecule is COC(C)(C)C(C)(C)C1CCN(C(C)(C)CC(C)(C)C2CCN(C)CC2)CC1. The number of methoxy groups -OCH3 is 1. The van der Waals surface area contributed by atoms with Gasteiger partial charge in [-0.25, -0.2) is 0 Å². The standard InChI is InChI=1S/C25H50N2O/c1-22(2,20-11-15-26(9)16-12-20)19-23(3,4)27-17-13-21(14-18-27)24(5,6)25(7,8)28-10/h20-21H,11-19H2,1-10H3. The minimum atomic E-state index is -0.0779. The Morgan fingerprint density at radius 2 is 1.21 bits per heavy atom. The maximum absolute atomic E-state index is 5.87. The molecule has 3 heteroatoms. The van der Waals surface area contributed by atoms with Gasteiger partial charge in [-0.15, -0.1) is 0 Å². The summed E-state index contributed by atoms with van der Waals surface area (Å²) >= 11 is 0. The molecule has 0 saturated carbocycles. The summed E-state index contributed by atoms with van der Waals surface area (Å²) in [5.41, 5.74) is 0.814. The lowest BCUT2D eigenvalue weighted by molar-refractivity contribution is -0.113. The summed E-state index contributed by atoms with van der Waals surface area (Å²) in [7, 11) is 4.13. The average Bonchev–Trinajstić information content (AvgIpc) is 2.61. The van der Waals surface area contributed by atoms with Crippen LogP contribution in [0.5, 0.6) is 0 Å². The molecule has 2 fully saturated rings. The van der Waals surface area contributed by atoms with Gasteiger partial charge < -0.3 is 9.64 Å². The normalized spacial score (nSPS) is 23.4. The highest BCUT2D eigenvalue weighted by atomic mass is 16.5. The second-order valence-electron chi connectivity index (χ2n) is 12.3. The quantitative estimate of drug-likeness (QED) is 0.552. The highest BCUT2D eigenvalue weighted by molar-refractivity contribution is 4.98. The first-order valence-corrected chi connectivity index (χ1v) is 11.7. The summed E-state index contributed by atoms with van der Waals surface area (Å²) < 4.78 is 5.87. The summed E-state index contributed by atoms with van der Waals surface area (Å²) in [4.78, 5) is 5.28. The summed E-state index contributed by atoms with van der Waals surface area (Å²) in [6.45, 7) is 24.4. The lowest BCUT2D eigenvalue weighted by atomic mass is 9.64. The molecule has 28 heavy (non-hydrogen) atoms. The zero-order valence-corrected chi connectivity index (χ0v) is 20.8. The van der Waals surface area contributed by atoms with Gasteiger partial charge in [0.05, 0.1) is 5.60 Å². The highest BCUT2D eigenvalue weighted by Gasteiger charge is 2.46. The fourth-order valence-corrected chi connectivity index (χ4v) is 6.12. The summed E-state index contributed by atoms with van der Waals surface area (Å²) in [6, 6.07) is 0. The number of piperidine rings is 2. The van der Waals surface area contributed by atoms with E-state index in [1.165, 1.54) is 58.3 Å². The Bertz CT molecular complexity index is 493. The molecule has 0 aromatic carbocycles. The van der Waals surface area contributed by atoms with Gasteiger partial charge in [0.25, 0.3) is 0 Å². The van der Waals surface area contributed by atoms with E-state index in [0.717, 1.165) is 11.8 Å². The van der Waals surface area contributed by atoms with Crippen molar-refractivity contribution in [2.75, 3.05) is 40.3 Å². The zero-order valence-electron chi connectivity index (χ0n) is 20.8. The number of rotatable bonds is 7. The lowest BCUT2D eigenvalue weighted by Gasteiger charge is -2.53. The van der Waals surface area contributed by atoms with Crippen LogP contribution in [0.4, 0.5) is 0 Å². The molecule has 0 aliphatic carbocycles. The number of ether oxygens (including phenoxy) is 1. The molecule has 0 aromatic heterocycles. The van der Waals surface area contributed by atoms with Crippen molar-refractivity contribution in [2.24, 2.45) is 22.7 Å². The predicted molar refractivity (Wildman–Crippen MR) is 122 cm³/mol. The maximum Gasteiger partial charge on any atom is 0.0676 e. The van der Waals surface area contributed by atoms with Gasteiger partial charge in [-0.3, -0.25) is 4.90 Å². The van der Waals surface area contributed by atoms with Gasteiger partial charge in [0.2, 0.25) is 0 Å². The van der Waals surface area contributed by atoms with Crippen LogP contribution in [0, 0.1) is 22.7 Å². The van der Waals surface area contributed by atoms with Crippen molar-refractivity contribution in [3.63, 3.8) is 0 Å². The fourth-order valence-electron chi connectivity index (χ4n) is 6.12. The van der Waals surface area contributed by atoms with E-state index in [9.17, 15) is 0 Å². The largest absolute Gasteiger partial charge is 0.378 e. The molecule has 2 saturated heterocycles. The van der Waals surface area contributed by atoms with Crippen LogP contribution in [0.25, 0.3) is 0 Å². The number of nitrogens with zero attached hydrogens (tertiary/aromatic N) is 2. The van der Waals surface area contributed by atoms with E-state index in [2.05, 4.69) is 72.2 Å². The van der Waals surface area contributed by atoms with Crippen LogP contribution in [-0.2, 0) is 4.74 Å². The molecule has 3 nitrogen and oxygen atoms in total. The molecule has 0 bridgehead atoms. The van der Waals surface area contributed by atoms with E-state index in [0.29, 0.717) is 5.41 Å². The lowest BCUT2D eigenvalue weighted by Crippen LogP contribution is -2.55. The number of likely N-dealkylation sites (tertiary alicyclic amines) is 2. The molecular formula is C25H50N2O. The Balaban J connectivity index is 1.97. The van der Waals surface area contributed by atoms with Gasteiger partial charge in [0.15, 0.2) is 0 Å². The molecule has 0 unspecified atom stereocenters. The first kappa shape index (κ1) is 24.2. The van der Waals surface area contributed by atoms with Crippen molar-refractivity contribution in [3.8, 4) is 0 Å². The second kappa shape index (κ2) is 8.55. The summed E-state index contributed by atoms with van der Waals surface area (Å²) in [5.74, 6) is 1.60. The molecule has 0 atom stereocenters. The van der Waals surface area contributed by atoms with Crippen LogP contribution in [0.15, 0.2) is 0 Å². The molecule has 2 rings (SSSR count). The monoisotopic (exact) mass is 394 g/mol. The van der Waals surface area contributed by atoms with Crippen LogP contribution < -0.4 is 0 Å². The van der Waals surface area contributed by atoms with Gasteiger partial charge in [-0.2, -0.15) is 0 Å². The van der Waals surface area contributed by atoms with Crippen LogP contribution in [0.3, 0.4) is 0 Å². The first-order valence-electron chi connectivity index (χ1n) is 11.7. The Morgan fingerprint density at radius 3 is 1.68 bits per heavy atom. The first-order chi connectivity index (χ1) is 12.7. The molecule has 0 spiro atoms. The van der Waals surface area contributed by atoms with E-state index in [-0.39, 0.29) is 16.6 Å². The molecule has 2 aliphatic heterocycles. The number of hydrogen-bond acceptors (Lipinski definition) is 3. The third-order valence-electron chi connectivity index (χ3n) is 9.15. The van der Waals surface area contributed by atoms with E-state index >= 15 is 0 Å². The fraction of sp³-hybridized carbons (Fsp3) is 1.00. The van der Waals surface area contributed by atoms with Crippen molar-refractivity contribution in [1.82, 2.24) is 9.80 Å². The number of hydrogen-bond donors (Lipinski definition) is 0. The molecule has 166 valence electrons. The van der Waals surface area contributed by atoms with Crippen LogP contribution in [0.1, 0.15) is 87.5 Å². The third-order valence-corrected chi connectivity index (χ3v) is 9.15. The van der Waals surface area contributed by atoms with E-state index in [4.69, 9.17) is 4.74 Å². The molecule has 0 N–H and O–H groups in total. The molecule has 0 radical (unpaired) electrons. The van der Waals surface area contributed by atoms with Crippen LogP contribution in [-0.4, -0.2) is 61.3 Å². The Hall–Kier alpha value is -0.120. The second-order valence-corrected chi connectivity index (χ2v) is 12.3. The van der Waals surface area contributed by atoms with Gasteiger partial charge >= 0.3 is 0 Å². The van der Waals surface area contributed by atoms with Crippen LogP contribution >= 0.6 is 0 Å². The van der Waals surface area contributed by atoms with Gasteiger partial charge in [-0.05, 0) is 116 Å². The van der Waals surface area contributed by atoms with Gasteiger partial charge in [-0.1, -0.05) is 27.7 Å². The smallest absolute Gasteiger partial charge is 0.0676 e. The predicted octanol–water partition coefficient (Wildman–Crippen LogP) is 5.69. The average molecular weight is 395 g/mol. The highest BCUT2D eigenvalue weighted by Crippen LogP contribution is 2.47.